The molecule has 33 heavy (non-hydrogen) atoms. The second kappa shape index (κ2) is 7.76. The molecule has 6 rings (SSSR count). The lowest BCUT2D eigenvalue weighted by molar-refractivity contribution is 0.102. The summed E-state index contributed by atoms with van der Waals surface area (Å²) < 4.78 is 6.04. The number of rotatable bonds is 3. The van der Waals surface area contributed by atoms with Crippen LogP contribution in [0.25, 0.3) is 44.1 Å². The highest BCUT2D eigenvalue weighted by Gasteiger charge is 2.14. The fraction of sp³-hybridized carbons (Fsp3) is 0. The Kier molecular flexibility index (Phi) is 4.60. The number of fused-ring (bicyclic) bond motifs is 3. The Balaban J connectivity index is 1.36. The first-order chi connectivity index (χ1) is 16.2. The van der Waals surface area contributed by atoms with Gasteiger partial charge in [-0.15, -0.1) is 0 Å². The molecule has 0 radical (unpaired) electrons. The average Bonchev–Trinajstić information content (AvgIpc) is 3.27. The van der Waals surface area contributed by atoms with Crippen molar-refractivity contribution in [1.29, 1.82) is 0 Å². The van der Waals surface area contributed by atoms with Crippen LogP contribution in [0.15, 0.2) is 101 Å². The van der Waals surface area contributed by atoms with Gasteiger partial charge in [-0.1, -0.05) is 72.3 Å². The highest BCUT2D eigenvalue weighted by molar-refractivity contribution is 6.36. The summed E-state index contributed by atoms with van der Waals surface area (Å²) in [6.45, 7) is 0. The standard InChI is InChI=1S/C28H17ClN2O2/c29-24-13-5-9-20-21(24)10-4-11-22(20)27(32)30-18-14-15-26-25(16-18)31-28(33-26)23-12-3-7-17-6-1-2-8-19(17)23/h1-16H,(H,30,32). The average molecular weight is 449 g/mol. The lowest BCUT2D eigenvalue weighted by Gasteiger charge is -2.09. The van der Waals surface area contributed by atoms with Crippen LogP contribution in [0.2, 0.25) is 5.02 Å². The number of nitrogens with one attached hydrogen (secondary N) is 1. The third kappa shape index (κ3) is 3.41. The van der Waals surface area contributed by atoms with Crippen molar-refractivity contribution in [2.45, 2.75) is 0 Å². The molecule has 0 saturated heterocycles. The minimum Gasteiger partial charge on any atom is -0.436 e. The lowest BCUT2D eigenvalue weighted by atomic mass is 10.0. The van der Waals surface area contributed by atoms with E-state index in [1.165, 1.54) is 0 Å². The molecule has 1 heterocycles. The largest absolute Gasteiger partial charge is 0.436 e. The summed E-state index contributed by atoms with van der Waals surface area (Å²) in [4.78, 5) is 17.8. The molecule has 0 fully saturated rings. The number of carbonyl (C=O) groups excluding carboxylic acids is 1. The summed E-state index contributed by atoms with van der Waals surface area (Å²) in [7, 11) is 0. The van der Waals surface area contributed by atoms with Crippen LogP contribution >= 0.6 is 11.6 Å². The Labute approximate surface area is 194 Å². The molecule has 0 aliphatic rings. The first kappa shape index (κ1) is 19.5. The molecule has 0 spiro atoms. The fourth-order valence-electron chi connectivity index (χ4n) is 4.20. The molecule has 0 bridgehead atoms. The molecule has 158 valence electrons. The molecule has 0 unspecified atom stereocenters. The highest BCUT2D eigenvalue weighted by Crippen LogP contribution is 2.32. The molecular formula is C28H17ClN2O2. The van der Waals surface area contributed by atoms with E-state index in [0.29, 0.717) is 33.3 Å². The van der Waals surface area contributed by atoms with Gasteiger partial charge in [0.25, 0.3) is 5.91 Å². The summed E-state index contributed by atoms with van der Waals surface area (Å²) in [5.74, 6) is 0.342. The van der Waals surface area contributed by atoms with Crippen LogP contribution in [0.3, 0.4) is 0 Å². The van der Waals surface area contributed by atoms with Gasteiger partial charge in [0.15, 0.2) is 5.58 Å². The minimum absolute atomic E-state index is 0.208. The van der Waals surface area contributed by atoms with Crippen molar-refractivity contribution in [3.8, 4) is 11.5 Å². The van der Waals surface area contributed by atoms with E-state index in [1.54, 1.807) is 6.07 Å². The van der Waals surface area contributed by atoms with Crippen molar-refractivity contribution in [2.24, 2.45) is 0 Å². The van der Waals surface area contributed by atoms with Crippen LogP contribution in [-0.4, -0.2) is 10.9 Å². The van der Waals surface area contributed by atoms with Gasteiger partial charge in [-0.25, -0.2) is 4.98 Å². The predicted molar refractivity (Wildman–Crippen MR) is 134 cm³/mol. The zero-order valence-corrected chi connectivity index (χ0v) is 18.1. The van der Waals surface area contributed by atoms with Crippen LogP contribution < -0.4 is 5.32 Å². The zero-order valence-electron chi connectivity index (χ0n) is 17.4. The van der Waals surface area contributed by atoms with E-state index in [0.717, 1.165) is 27.1 Å². The maximum absolute atomic E-state index is 13.1. The van der Waals surface area contributed by atoms with Crippen LogP contribution in [0.1, 0.15) is 10.4 Å². The van der Waals surface area contributed by atoms with E-state index < -0.39 is 0 Å². The number of anilines is 1. The van der Waals surface area contributed by atoms with Crippen molar-refractivity contribution < 1.29 is 9.21 Å². The molecule has 0 saturated carbocycles. The van der Waals surface area contributed by atoms with Crippen LogP contribution in [0.5, 0.6) is 0 Å². The first-order valence-electron chi connectivity index (χ1n) is 10.5. The fourth-order valence-corrected chi connectivity index (χ4v) is 4.44. The Morgan fingerprint density at radius 1 is 0.788 bits per heavy atom. The Hall–Kier alpha value is -4.15. The maximum Gasteiger partial charge on any atom is 0.256 e. The topological polar surface area (TPSA) is 55.1 Å². The molecule has 1 amide bonds. The van der Waals surface area contributed by atoms with Crippen LogP contribution in [0.4, 0.5) is 5.69 Å². The number of halogens is 1. The molecule has 1 N–H and O–H groups in total. The summed E-state index contributed by atoms with van der Waals surface area (Å²) in [6, 6.07) is 30.8. The van der Waals surface area contributed by atoms with Crippen molar-refractivity contribution >= 4 is 55.8 Å². The van der Waals surface area contributed by atoms with Crippen LogP contribution in [0, 0.1) is 0 Å². The summed E-state index contributed by atoms with van der Waals surface area (Å²) in [5, 5.41) is 7.45. The maximum atomic E-state index is 13.1. The van der Waals surface area contributed by atoms with Gasteiger partial charge in [-0.2, -0.15) is 0 Å². The minimum atomic E-state index is -0.208. The number of aromatic nitrogens is 1. The van der Waals surface area contributed by atoms with Gasteiger partial charge in [0, 0.05) is 27.2 Å². The molecule has 6 aromatic rings. The normalized spacial score (nSPS) is 11.3. The van der Waals surface area contributed by atoms with Gasteiger partial charge in [-0.05, 0) is 52.6 Å². The molecule has 1 aromatic heterocycles. The first-order valence-corrected chi connectivity index (χ1v) is 10.9. The molecular weight excluding hydrogens is 432 g/mol. The van der Waals surface area contributed by atoms with E-state index in [1.807, 2.05) is 72.8 Å². The molecule has 4 nitrogen and oxygen atoms in total. The second-order valence-corrected chi connectivity index (χ2v) is 8.23. The Morgan fingerprint density at radius 3 is 2.48 bits per heavy atom. The number of oxazole rings is 1. The van der Waals surface area contributed by atoms with Crippen molar-refractivity contribution in [3.05, 3.63) is 108 Å². The molecule has 5 heteroatoms. The quantitative estimate of drug-likeness (QED) is 0.301. The van der Waals surface area contributed by atoms with E-state index in [9.17, 15) is 4.79 Å². The lowest BCUT2D eigenvalue weighted by Crippen LogP contribution is -2.12. The van der Waals surface area contributed by atoms with Crippen molar-refractivity contribution in [2.75, 3.05) is 5.32 Å². The number of nitrogens with zero attached hydrogens (tertiary/aromatic N) is 1. The second-order valence-electron chi connectivity index (χ2n) is 7.82. The van der Waals surface area contributed by atoms with Crippen molar-refractivity contribution in [1.82, 2.24) is 4.98 Å². The molecule has 0 aliphatic carbocycles. The third-order valence-electron chi connectivity index (χ3n) is 5.78. The van der Waals surface area contributed by atoms with E-state index in [-0.39, 0.29) is 5.91 Å². The number of benzene rings is 5. The van der Waals surface area contributed by atoms with E-state index >= 15 is 0 Å². The van der Waals surface area contributed by atoms with Gasteiger partial charge in [0.05, 0.1) is 0 Å². The zero-order chi connectivity index (χ0) is 22.4. The van der Waals surface area contributed by atoms with Crippen LogP contribution in [-0.2, 0) is 0 Å². The molecule has 5 aromatic carbocycles. The SMILES string of the molecule is O=C(Nc1ccc2oc(-c3cccc4ccccc34)nc2c1)c1cccc2c(Cl)cccc12. The highest BCUT2D eigenvalue weighted by atomic mass is 35.5. The smallest absolute Gasteiger partial charge is 0.256 e. The van der Waals surface area contributed by atoms with Gasteiger partial charge >= 0.3 is 0 Å². The Bertz CT molecular complexity index is 1680. The van der Waals surface area contributed by atoms with E-state index in [4.69, 9.17) is 21.0 Å². The van der Waals surface area contributed by atoms with Gasteiger partial charge < -0.3 is 9.73 Å². The summed E-state index contributed by atoms with van der Waals surface area (Å²) >= 11 is 6.30. The van der Waals surface area contributed by atoms with E-state index in [2.05, 4.69) is 23.5 Å². The van der Waals surface area contributed by atoms with Crippen molar-refractivity contribution in [3.63, 3.8) is 0 Å². The number of carbonyl (C=O) groups is 1. The number of hydrogen-bond acceptors (Lipinski definition) is 3. The summed E-state index contributed by atoms with van der Waals surface area (Å²) in [6.07, 6.45) is 0. The summed E-state index contributed by atoms with van der Waals surface area (Å²) in [5.41, 5.74) is 3.48. The number of amides is 1. The Morgan fingerprint density at radius 2 is 1.55 bits per heavy atom. The van der Waals surface area contributed by atoms with Gasteiger partial charge in [-0.3, -0.25) is 4.79 Å². The van der Waals surface area contributed by atoms with Gasteiger partial charge in [0.2, 0.25) is 5.89 Å². The number of hydrogen-bond donors (Lipinski definition) is 1. The molecule has 0 aliphatic heterocycles. The van der Waals surface area contributed by atoms with Gasteiger partial charge in [0.1, 0.15) is 5.52 Å². The third-order valence-corrected chi connectivity index (χ3v) is 6.11. The monoisotopic (exact) mass is 448 g/mol. The molecule has 0 atom stereocenters. The predicted octanol–water partition coefficient (Wildman–Crippen LogP) is 7.71.